The van der Waals surface area contributed by atoms with Crippen LogP contribution in [0.4, 0.5) is 0 Å². The zero-order chi connectivity index (χ0) is 15.7. The SMILES string of the molecule is Cc1ccc(CS(=O)(=O)N(Cc2csc(C)n2)C2CC2)cc1. The zero-order valence-corrected chi connectivity index (χ0v) is 14.5. The number of thiazole rings is 1. The van der Waals surface area contributed by atoms with E-state index in [0.29, 0.717) is 6.54 Å². The van der Waals surface area contributed by atoms with Gasteiger partial charge in [-0.25, -0.2) is 13.4 Å². The number of hydrogen-bond donors (Lipinski definition) is 0. The summed E-state index contributed by atoms with van der Waals surface area (Å²) in [7, 11) is -3.32. The van der Waals surface area contributed by atoms with Crippen LogP contribution < -0.4 is 0 Å². The summed E-state index contributed by atoms with van der Waals surface area (Å²) >= 11 is 1.56. The van der Waals surface area contributed by atoms with Crippen molar-refractivity contribution in [1.29, 1.82) is 0 Å². The maximum Gasteiger partial charge on any atom is 0.218 e. The molecule has 2 aromatic rings. The van der Waals surface area contributed by atoms with E-state index >= 15 is 0 Å². The summed E-state index contributed by atoms with van der Waals surface area (Å²) in [4.78, 5) is 4.41. The van der Waals surface area contributed by atoms with Gasteiger partial charge in [0.25, 0.3) is 0 Å². The molecule has 0 amide bonds. The van der Waals surface area contributed by atoms with Crippen molar-refractivity contribution in [3.05, 3.63) is 51.5 Å². The molecule has 0 N–H and O–H groups in total. The predicted octanol–water partition coefficient (Wildman–Crippen LogP) is 3.25. The van der Waals surface area contributed by atoms with E-state index < -0.39 is 10.0 Å². The summed E-state index contributed by atoms with van der Waals surface area (Å²) in [6.45, 7) is 4.33. The fourth-order valence-corrected chi connectivity index (χ4v) is 4.81. The van der Waals surface area contributed by atoms with Crippen LogP contribution in [-0.2, 0) is 22.3 Å². The third-order valence-electron chi connectivity index (χ3n) is 3.77. The lowest BCUT2D eigenvalue weighted by atomic mass is 10.2. The molecule has 1 heterocycles. The molecule has 1 fully saturated rings. The van der Waals surface area contributed by atoms with E-state index in [-0.39, 0.29) is 11.8 Å². The average Bonchev–Trinajstić information content (AvgIpc) is 3.21. The van der Waals surface area contributed by atoms with E-state index in [9.17, 15) is 8.42 Å². The van der Waals surface area contributed by atoms with E-state index in [1.807, 2.05) is 43.5 Å². The maximum absolute atomic E-state index is 12.8. The van der Waals surface area contributed by atoms with Crippen molar-refractivity contribution in [1.82, 2.24) is 9.29 Å². The number of aromatic nitrogens is 1. The van der Waals surface area contributed by atoms with Gasteiger partial charge in [-0.2, -0.15) is 4.31 Å². The largest absolute Gasteiger partial charge is 0.245 e. The molecule has 1 aliphatic carbocycles. The van der Waals surface area contributed by atoms with Crippen LogP contribution >= 0.6 is 11.3 Å². The molecule has 6 heteroatoms. The van der Waals surface area contributed by atoms with Gasteiger partial charge in [0.05, 0.1) is 23.0 Å². The topological polar surface area (TPSA) is 50.3 Å². The average molecular weight is 336 g/mol. The van der Waals surface area contributed by atoms with Crippen LogP contribution in [0, 0.1) is 13.8 Å². The first-order valence-corrected chi connectivity index (χ1v) is 9.89. The monoisotopic (exact) mass is 336 g/mol. The summed E-state index contributed by atoms with van der Waals surface area (Å²) in [5.41, 5.74) is 2.82. The van der Waals surface area contributed by atoms with Crippen molar-refractivity contribution in [3.63, 3.8) is 0 Å². The molecule has 1 aromatic carbocycles. The summed E-state index contributed by atoms with van der Waals surface area (Å²) in [6, 6.07) is 7.85. The van der Waals surface area contributed by atoms with Crippen LogP contribution in [0.2, 0.25) is 0 Å². The van der Waals surface area contributed by atoms with E-state index in [1.165, 1.54) is 0 Å². The van der Waals surface area contributed by atoms with Gasteiger partial charge in [0.2, 0.25) is 10.0 Å². The Morgan fingerprint density at radius 1 is 1.23 bits per heavy atom. The Balaban J connectivity index is 1.78. The molecule has 1 aliphatic rings. The number of nitrogens with zero attached hydrogens (tertiary/aromatic N) is 2. The van der Waals surface area contributed by atoms with Crippen molar-refractivity contribution in [3.8, 4) is 0 Å². The Kier molecular flexibility index (Phi) is 4.34. The molecule has 0 aliphatic heterocycles. The van der Waals surface area contributed by atoms with Crippen molar-refractivity contribution in [2.24, 2.45) is 0 Å². The summed E-state index contributed by atoms with van der Waals surface area (Å²) in [6.07, 6.45) is 1.91. The fourth-order valence-electron chi connectivity index (χ4n) is 2.44. The van der Waals surface area contributed by atoms with Crippen LogP contribution in [0.15, 0.2) is 29.6 Å². The van der Waals surface area contributed by atoms with Gasteiger partial charge in [-0.3, -0.25) is 0 Å². The first-order valence-electron chi connectivity index (χ1n) is 7.40. The maximum atomic E-state index is 12.8. The van der Waals surface area contributed by atoms with E-state index in [4.69, 9.17) is 0 Å². The van der Waals surface area contributed by atoms with Gasteiger partial charge in [0.1, 0.15) is 0 Å². The van der Waals surface area contributed by atoms with Crippen molar-refractivity contribution in [2.75, 3.05) is 0 Å². The Bertz CT molecular complexity index is 747. The molecular formula is C16H20N2O2S2. The number of rotatable bonds is 6. The second-order valence-corrected chi connectivity index (χ2v) is 8.86. The lowest BCUT2D eigenvalue weighted by Gasteiger charge is -2.21. The molecule has 3 rings (SSSR count). The summed E-state index contributed by atoms with van der Waals surface area (Å²) in [5, 5.41) is 2.92. The number of benzene rings is 1. The van der Waals surface area contributed by atoms with Crippen LogP contribution in [0.5, 0.6) is 0 Å². The standard InChI is InChI=1S/C16H20N2O2S2/c1-12-3-5-14(6-4-12)11-22(19,20)18(16-7-8-16)9-15-10-21-13(2)17-15/h3-6,10,16H,7-9,11H2,1-2H3. The molecule has 0 saturated heterocycles. The highest BCUT2D eigenvalue weighted by atomic mass is 32.2. The normalized spacial score (nSPS) is 15.4. The van der Waals surface area contributed by atoms with Crippen LogP contribution in [0.25, 0.3) is 0 Å². The minimum absolute atomic E-state index is 0.0624. The fraction of sp³-hybridized carbons (Fsp3) is 0.438. The molecule has 0 radical (unpaired) electrons. The van der Waals surface area contributed by atoms with Crippen molar-refractivity contribution < 1.29 is 8.42 Å². The Morgan fingerprint density at radius 3 is 2.45 bits per heavy atom. The number of sulfonamides is 1. The second kappa shape index (κ2) is 6.10. The van der Waals surface area contributed by atoms with Gasteiger partial charge in [0, 0.05) is 11.4 Å². The Labute approximate surface area is 135 Å². The molecule has 0 atom stereocenters. The van der Waals surface area contributed by atoms with E-state index in [0.717, 1.165) is 34.7 Å². The first kappa shape index (κ1) is 15.6. The lowest BCUT2D eigenvalue weighted by molar-refractivity contribution is 0.394. The third kappa shape index (κ3) is 3.74. The van der Waals surface area contributed by atoms with Crippen LogP contribution in [0.3, 0.4) is 0 Å². The summed E-state index contributed by atoms with van der Waals surface area (Å²) in [5.74, 6) is 0.0624. The van der Waals surface area contributed by atoms with Gasteiger partial charge in [-0.15, -0.1) is 11.3 Å². The Hall–Kier alpha value is -1.24. The molecule has 22 heavy (non-hydrogen) atoms. The Morgan fingerprint density at radius 2 is 1.91 bits per heavy atom. The highest BCUT2D eigenvalue weighted by molar-refractivity contribution is 7.88. The zero-order valence-electron chi connectivity index (χ0n) is 12.8. The van der Waals surface area contributed by atoms with E-state index in [1.54, 1.807) is 15.6 Å². The molecule has 0 spiro atoms. The van der Waals surface area contributed by atoms with Crippen LogP contribution in [0.1, 0.15) is 34.7 Å². The lowest BCUT2D eigenvalue weighted by Crippen LogP contribution is -2.33. The third-order valence-corrected chi connectivity index (χ3v) is 6.43. The van der Waals surface area contributed by atoms with Crippen molar-refractivity contribution in [2.45, 2.75) is 45.0 Å². The highest BCUT2D eigenvalue weighted by Gasteiger charge is 2.37. The molecule has 1 saturated carbocycles. The highest BCUT2D eigenvalue weighted by Crippen LogP contribution is 2.32. The molecule has 4 nitrogen and oxygen atoms in total. The number of aryl methyl sites for hydroxylation is 2. The molecule has 0 unspecified atom stereocenters. The molecule has 1 aromatic heterocycles. The first-order chi connectivity index (χ1) is 10.4. The van der Waals surface area contributed by atoms with Gasteiger partial charge in [-0.05, 0) is 32.3 Å². The van der Waals surface area contributed by atoms with Gasteiger partial charge < -0.3 is 0 Å². The molecular weight excluding hydrogens is 316 g/mol. The summed E-state index contributed by atoms with van der Waals surface area (Å²) < 4.78 is 27.2. The second-order valence-electron chi connectivity index (χ2n) is 5.88. The quantitative estimate of drug-likeness (QED) is 0.813. The van der Waals surface area contributed by atoms with Crippen molar-refractivity contribution >= 4 is 21.4 Å². The molecule has 118 valence electrons. The minimum atomic E-state index is -3.32. The molecule has 0 bridgehead atoms. The van der Waals surface area contributed by atoms with Gasteiger partial charge >= 0.3 is 0 Å². The van der Waals surface area contributed by atoms with Crippen LogP contribution in [-0.4, -0.2) is 23.7 Å². The number of hydrogen-bond acceptors (Lipinski definition) is 4. The van der Waals surface area contributed by atoms with Gasteiger partial charge in [-0.1, -0.05) is 29.8 Å². The smallest absolute Gasteiger partial charge is 0.218 e. The minimum Gasteiger partial charge on any atom is -0.245 e. The van der Waals surface area contributed by atoms with Gasteiger partial charge in [0.15, 0.2) is 0 Å². The van der Waals surface area contributed by atoms with E-state index in [2.05, 4.69) is 4.98 Å². The predicted molar refractivity (Wildman–Crippen MR) is 89.2 cm³/mol.